The van der Waals surface area contributed by atoms with Crippen molar-refractivity contribution < 1.29 is 59.2 Å². The minimum Gasteiger partial charge on any atom is -0.394 e. The molecule has 2 aliphatic rings. The molecule has 0 radical (unpaired) electrons. The molecule has 2 N–H and O–H groups in total. The first-order valence-corrected chi connectivity index (χ1v) is 7.94. The summed E-state index contributed by atoms with van der Waals surface area (Å²) in [4.78, 5) is 0. The van der Waals surface area contributed by atoms with Gasteiger partial charge < -0.3 is 19.7 Å². The second kappa shape index (κ2) is 6.63. The van der Waals surface area contributed by atoms with Crippen molar-refractivity contribution in [2.24, 2.45) is 0 Å². The molecule has 2 fully saturated rings. The molecule has 0 bridgehead atoms. The molecule has 1 aliphatic heterocycles. The van der Waals surface area contributed by atoms with Gasteiger partial charge in [0, 0.05) is 12.8 Å². The second-order valence-electron chi connectivity index (χ2n) is 6.63. The third-order valence-corrected chi connectivity index (χ3v) is 4.94. The average Bonchev–Trinajstić information content (AvgIpc) is 2.89. The van der Waals surface area contributed by atoms with Crippen LogP contribution in [0, 0.1) is 0 Å². The van der Waals surface area contributed by atoms with Crippen LogP contribution in [0.25, 0.3) is 0 Å². The summed E-state index contributed by atoms with van der Waals surface area (Å²) in [6.45, 7) is -3.57. The standard InChI is InChI=1S/C14H17F9O4/c15-11(16,12(17,18)13(19,20)14(21,22)23)10(7-25)8(6-24)26-9(27-10)4-2-1-3-5-9/h8,24-25H,1-7H2. The summed E-state index contributed by atoms with van der Waals surface area (Å²) in [5.41, 5.74) is -4.00. The molecule has 1 saturated heterocycles. The van der Waals surface area contributed by atoms with E-state index in [0.29, 0.717) is 19.3 Å². The van der Waals surface area contributed by atoms with Crippen LogP contribution < -0.4 is 0 Å². The van der Waals surface area contributed by atoms with Gasteiger partial charge in [0.25, 0.3) is 0 Å². The molecule has 2 rings (SSSR count). The number of rotatable bonds is 5. The van der Waals surface area contributed by atoms with Crippen molar-refractivity contribution in [1.82, 2.24) is 0 Å². The van der Waals surface area contributed by atoms with Crippen LogP contribution in [0.2, 0.25) is 0 Å². The van der Waals surface area contributed by atoms with Gasteiger partial charge in [0.05, 0.1) is 13.2 Å². The quantitative estimate of drug-likeness (QED) is 0.671. The smallest absolute Gasteiger partial charge is 0.394 e. The Balaban J connectivity index is 2.55. The highest BCUT2D eigenvalue weighted by Gasteiger charge is 2.88. The highest BCUT2D eigenvalue weighted by Crippen LogP contribution is 2.60. The SMILES string of the molecule is OCC1OC2(CCCCC2)OC1(CO)C(F)(F)C(F)(F)C(F)(F)C(F)(F)F. The third-order valence-electron chi connectivity index (χ3n) is 4.94. The van der Waals surface area contributed by atoms with E-state index in [1.165, 1.54) is 0 Å². The predicted molar refractivity (Wildman–Crippen MR) is 69.6 cm³/mol. The first-order valence-electron chi connectivity index (χ1n) is 7.94. The molecule has 13 heteroatoms. The minimum atomic E-state index is -7.14. The van der Waals surface area contributed by atoms with Gasteiger partial charge in [0.15, 0.2) is 11.4 Å². The number of hydrogen-bond acceptors (Lipinski definition) is 4. The summed E-state index contributed by atoms with van der Waals surface area (Å²) in [7, 11) is 0. The molecule has 2 atom stereocenters. The molecule has 160 valence electrons. The van der Waals surface area contributed by atoms with Crippen LogP contribution in [-0.2, 0) is 9.47 Å². The molecule has 1 aliphatic carbocycles. The Morgan fingerprint density at radius 3 is 1.74 bits per heavy atom. The number of aliphatic hydroxyl groups excluding tert-OH is 2. The van der Waals surface area contributed by atoms with Gasteiger partial charge in [-0.2, -0.15) is 39.5 Å². The van der Waals surface area contributed by atoms with Gasteiger partial charge >= 0.3 is 23.9 Å². The first kappa shape index (κ1) is 22.5. The maximum atomic E-state index is 14.6. The molecule has 2 unspecified atom stereocenters. The van der Waals surface area contributed by atoms with Crippen molar-refractivity contribution in [1.29, 1.82) is 0 Å². The lowest BCUT2D eigenvalue weighted by molar-refractivity contribution is -0.423. The number of aliphatic hydroxyl groups is 2. The zero-order chi connectivity index (χ0) is 20.9. The summed E-state index contributed by atoms with van der Waals surface area (Å²) < 4.78 is 130. The molecule has 1 heterocycles. The first-order chi connectivity index (χ1) is 12.1. The molecule has 0 amide bonds. The molecule has 1 spiro atoms. The number of halogens is 9. The van der Waals surface area contributed by atoms with Crippen LogP contribution in [0.4, 0.5) is 39.5 Å². The molecule has 4 nitrogen and oxygen atoms in total. The van der Waals surface area contributed by atoms with E-state index < -0.39 is 54.6 Å². The predicted octanol–water partition coefficient (Wildman–Crippen LogP) is 3.25. The number of hydrogen-bond donors (Lipinski definition) is 2. The van der Waals surface area contributed by atoms with Gasteiger partial charge in [-0.15, -0.1) is 0 Å². The van der Waals surface area contributed by atoms with Crippen LogP contribution in [0.3, 0.4) is 0 Å². The van der Waals surface area contributed by atoms with Crippen LogP contribution in [-0.4, -0.2) is 64.9 Å². The van der Waals surface area contributed by atoms with Crippen LogP contribution >= 0.6 is 0 Å². The van der Waals surface area contributed by atoms with E-state index >= 15 is 0 Å². The van der Waals surface area contributed by atoms with Gasteiger partial charge in [0.2, 0.25) is 0 Å². The summed E-state index contributed by atoms with van der Waals surface area (Å²) >= 11 is 0. The monoisotopic (exact) mass is 420 g/mol. The molecule has 0 aromatic rings. The molecular weight excluding hydrogens is 403 g/mol. The zero-order valence-corrected chi connectivity index (χ0v) is 13.6. The van der Waals surface area contributed by atoms with E-state index in [0.717, 1.165) is 0 Å². The Morgan fingerprint density at radius 2 is 1.33 bits per heavy atom. The summed E-state index contributed by atoms with van der Waals surface area (Å²) in [6.07, 6.45) is -8.56. The molecular formula is C14H17F9O4. The maximum absolute atomic E-state index is 14.6. The normalized spacial score (nSPS) is 30.1. The minimum absolute atomic E-state index is 0.150. The van der Waals surface area contributed by atoms with Crippen molar-refractivity contribution in [3.63, 3.8) is 0 Å². The van der Waals surface area contributed by atoms with Gasteiger partial charge in [0.1, 0.15) is 6.10 Å². The van der Waals surface area contributed by atoms with Crippen molar-refractivity contribution in [3.05, 3.63) is 0 Å². The van der Waals surface area contributed by atoms with E-state index in [-0.39, 0.29) is 12.8 Å². The summed E-state index contributed by atoms with van der Waals surface area (Å²) in [5, 5.41) is 18.6. The number of alkyl halides is 9. The molecule has 0 aromatic heterocycles. The fourth-order valence-corrected chi connectivity index (χ4v) is 3.41. The fraction of sp³-hybridized carbons (Fsp3) is 1.00. The third kappa shape index (κ3) is 3.01. The maximum Gasteiger partial charge on any atom is 0.460 e. The van der Waals surface area contributed by atoms with Crippen LogP contribution in [0.15, 0.2) is 0 Å². The lowest BCUT2D eigenvalue weighted by Crippen LogP contribution is -2.72. The zero-order valence-electron chi connectivity index (χ0n) is 13.6. The highest BCUT2D eigenvalue weighted by molar-refractivity contribution is 5.16. The summed E-state index contributed by atoms with van der Waals surface area (Å²) in [6, 6.07) is 0. The van der Waals surface area contributed by atoms with Crippen molar-refractivity contribution in [2.45, 2.75) is 73.5 Å². The van der Waals surface area contributed by atoms with Crippen molar-refractivity contribution >= 4 is 0 Å². The summed E-state index contributed by atoms with van der Waals surface area (Å²) in [5.74, 6) is -22.4. The van der Waals surface area contributed by atoms with E-state index in [1.54, 1.807) is 0 Å². The Labute approximate surface area is 147 Å². The Hall–Kier alpha value is -0.790. The topological polar surface area (TPSA) is 58.9 Å². The Kier molecular flexibility index (Phi) is 5.52. The molecule has 1 saturated carbocycles. The lowest BCUT2D eigenvalue weighted by Gasteiger charge is -2.44. The number of ether oxygens (including phenoxy) is 2. The van der Waals surface area contributed by atoms with Gasteiger partial charge in [-0.3, -0.25) is 0 Å². The van der Waals surface area contributed by atoms with E-state index in [4.69, 9.17) is 9.47 Å². The fourth-order valence-electron chi connectivity index (χ4n) is 3.41. The molecule has 0 aromatic carbocycles. The van der Waals surface area contributed by atoms with E-state index in [1.807, 2.05) is 0 Å². The second-order valence-corrected chi connectivity index (χ2v) is 6.63. The van der Waals surface area contributed by atoms with Crippen molar-refractivity contribution in [2.75, 3.05) is 13.2 Å². The Bertz CT molecular complexity index is 545. The Morgan fingerprint density at radius 1 is 0.815 bits per heavy atom. The molecule has 27 heavy (non-hydrogen) atoms. The van der Waals surface area contributed by atoms with Gasteiger partial charge in [-0.25, -0.2) is 0 Å². The van der Waals surface area contributed by atoms with Crippen LogP contribution in [0.1, 0.15) is 32.1 Å². The van der Waals surface area contributed by atoms with Gasteiger partial charge in [-0.1, -0.05) is 6.42 Å². The lowest BCUT2D eigenvalue weighted by atomic mass is 9.83. The van der Waals surface area contributed by atoms with E-state index in [9.17, 15) is 49.7 Å². The average molecular weight is 420 g/mol. The highest BCUT2D eigenvalue weighted by atomic mass is 19.4. The van der Waals surface area contributed by atoms with E-state index in [2.05, 4.69) is 0 Å². The van der Waals surface area contributed by atoms with Crippen LogP contribution in [0.5, 0.6) is 0 Å². The van der Waals surface area contributed by atoms with Gasteiger partial charge in [-0.05, 0) is 12.8 Å². The van der Waals surface area contributed by atoms with Crippen molar-refractivity contribution in [3.8, 4) is 0 Å². The largest absolute Gasteiger partial charge is 0.460 e.